The largest absolute Gasteiger partial charge is 0.481 e. The molecule has 3 aromatic rings. The van der Waals surface area contributed by atoms with Crippen LogP contribution in [0.25, 0.3) is 10.8 Å². The number of carbonyl (C=O) groups excluding carboxylic acids is 1. The third-order valence-corrected chi connectivity index (χ3v) is 4.86. The van der Waals surface area contributed by atoms with Crippen molar-refractivity contribution in [1.82, 2.24) is 15.0 Å². The lowest BCUT2D eigenvalue weighted by Gasteiger charge is -2.22. The van der Waals surface area contributed by atoms with Gasteiger partial charge in [-0.15, -0.1) is 0 Å². The molecule has 1 atom stereocenters. The molecule has 0 aliphatic carbocycles. The highest BCUT2D eigenvalue weighted by Gasteiger charge is 2.25. The molecule has 0 spiro atoms. The minimum absolute atomic E-state index is 0.189. The molecule has 4 heterocycles. The van der Waals surface area contributed by atoms with E-state index in [1.165, 1.54) is 6.42 Å². The van der Waals surface area contributed by atoms with Gasteiger partial charge in [0.25, 0.3) is 0 Å². The Kier molecular flexibility index (Phi) is 6.93. The van der Waals surface area contributed by atoms with Crippen LogP contribution in [0.2, 0.25) is 0 Å². The number of carbonyl (C=O) groups is 1. The van der Waals surface area contributed by atoms with Crippen LogP contribution in [0.3, 0.4) is 0 Å². The number of nitrogens with zero attached hydrogens (tertiary/aromatic N) is 3. The number of pyridine rings is 3. The Morgan fingerprint density at radius 2 is 1.91 bits per heavy atom. The smallest absolute Gasteiger partial charge is 0.340 e. The maximum atomic E-state index is 12.0. The van der Waals surface area contributed by atoms with E-state index in [1.807, 2.05) is 26.8 Å². The summed E-state index contributed by atoms with van der Waals surface area (Å²) in [5.41, 5.74) is 7.86. The van der Waals surface area contributed by atoms with Gasteiger partial charge in [0.1, 0.15) is 17.7 Å². The lowest BCUT2D eigenvalue weighted by atomic mass is 9.93. The van der Waals surface area contributed by atoms with Crippen molar-refractivity contribution >= 4 is 28.4 Å². The molecule has 3 N–H and O–H groups in total. The summed E-state index contributed by atoms with van der Waals surface area (Å²) in [5.74, 6) is 1.37. The molecule has 1 aliphatic heterocycles. The van der Waals surface area contributed by atoms with E-state index in [4.69, 9.17) is 15.2 Å². The summed E-state index contributed by atoms with van der Waals surface area (Å²) in [7, 11) is 1.57. The van der Waals surface area contributed by atoms with E-state index in [-0.39, 0.29) is 12.1 Å². The Morgan fingerprint density at radius 3 is 2.56 bits per heavy atom. The zero-order valence-electron chi connectivity index (χ0n) is 19.5. The molecule has 0 amide bonds. The lowest BCUT2D eigenvalue weighted by molar-refractivity contribution is 0.0297. The number of ether oxygens (including phenoxy) is 2. The number of rotatable bonds is 4. The fourth-order valence-electron chi connectivity index (χ4n) is 3.46. The van der Waals surface area contributed by atoms with Gasteiger partial charge in [-0.2, -0.15) is 0 Å². The first kappa shape index (κ1) is 23.4. The Hall–Kier alpha value is -3.26. The van der Waals surface area contributed by atoms with Crippen molar-refractivity contribution in [2.75, 3.05) is 12.4 Å². The van der Waals surface area contributed by atoms with Crippen molar-refractivity contribution in [2.45, 2.75) is 59.1 Å². The molecule has 4 rings (SSSR count). The molecule has 3 aromatic heterocycles. The van der Waals surface area contributed by atoms with Gasteiger partial charge in [-0.05, 0) is 49.9 Å². The summed E-state index contributed by atoms with van der Waals surface area (Å²) < 4.78 is 10.6. The number of nitrogens with two attached hydrogens (primary N) is 1. The van der Waals surface area contributed by atoms with Crippen LogP contribution in [-0.2, 0) is 16.7 Å². The van der Waals surface area contributed by atoms with E-state index in [0.29, 0.717) is 35.2 Å². The predicted octanol–water partition coefficient (Wildman–Crippen LogP) is 4.49. The molecule has 0 saturated carbocycles. The summed E-state index contributed by atoms with van der Waals surface area (Å²) in [6, 6.07) is 5.37. The highest BCUT2D eigenvalue weighted by Crippen LogP contribution is 2.32. The number of hydrogen-bond acceptors (Lipinski definition) is 8. The molecule has 0 saturated heterocycles. The highest BCUT2D eigenvalue weighted by molar-refractivity contribution is 5.93. The summed E-state index contributed by atoms with van der Waals surface area (Å²) in [5, 5.41) is 4.90. The average Bonchev–Trinajstić information content (AvgIpc) is 2.72. The molecule has 8 heteroatoms. The molecular weight excluding hydrogens is 406 g/mol. The third kappa shape index (κ3) is 4.96. The predicted molar refractivity (Wildman–Crippen MR) is 125 cm³/mol. The molecular formula is C24H31N5O3. The number of hydrogen-bond donors (Lipinski definition) is 2. The average molecular weight is 438 g/mol. The molecule has 0 fully saturated rings. The van der Waals surface area contributed by atoms with E-state index in [9.17, 15) is 4.79 Å². The third-order valence-electron chi connectivity index (χ3n) is 4.86. The van der Waals surface area contributed by atoms with Gasteiger partial charge in [0.2, 0.25) is 5.88 Å². The number of methoxy groups -OCH3 is 1. The molecule has 0 bridgehead atoms. The van der Waals surface area contributed by atoms with Crippen molar-refractivity contribution < 1.29 is 14.3 Å². The van der Waals surface area contributed by atoms with Gasteiger partial charge in [-0.3, -0.25) is 0 Å². The number of anilines is 2. The summed E-state index contributed by atoms with van der Waals surface area (Å²) in [6.07, 6.45) is 5.08. The second kappa shape index (κ2) is 9.48. The van der Waals surface area contributed by atoms with E-state index >= 15 is 0 Å². The lowest BCUT2D eigenvalue weighted by Crippen LogP contribution is -2.29. The van der Waals surface area contributed by atoms with Gasteiger partial charge < -0.3 is 20.5 Å². The zero-order chi connectivity index (χ0) is 23.5. The monoisotopic (exact) mass is 437 g/mol. The van der Waals surface area contributed by atoms with E-state index in [2.05, 4.69) is 34.1 Å². The minimum atomic E-state index is -0.587. The summed E-state index contributed by atoms with van der Waals surface area (Å²) in [6.45, 7) is 9.95. The van der Waals surface area contributed by atoms with Crippen LogP contribution >= 0.6 is 0 Å². The van der Waals surface area contributed by atoms with Crippen molar-refractivity contribution in [3.05, 3.63) is 47.4 Å². The van der Waals surface area contributed by atoms with E-state index in [0.717, 1.165) is 16.3 Å². The van der Waals surface area contributed by atoms with Crippen molar-refractivity contribution in [3.63, 3.8) is 0 Å². The Labute approximate surface area is 188 Å². The molecule has 32 heavy (non-hydrogen) atoms. The van der Waals surface area contributed by atoms with Crippen molar-refractivity contribution in [3.8, 4) is 5.88 Å². The number of cyclic esters (lactones) is 1. The van der Waals surface area contributed by atoms with Crippen LogP contribution in [0.1, 0.15) is 62.7 Å². The maximum absolute atomic E-state index is 12.0. The highest BCUT2D eigenvalue weighted by atomic mass is 16.5. The first-order chi connectivity index (χ1) is 15.2. The number of fused-ring (bicyclic) bond motifs is 2. The van der Waals surface area contributed by atoms with E-state index in [1.54, 1.807) is 31.6 Å². The topological polar surface area (TPSA) is 112 Å². The Bertz CT molecular complexity index is 1120. The van der Waals surface area contributed by atoms with Gasteiger partial charge in [0.15, 0.2) is 0 Å². The quantitative estimate of drug-likeness (QED) is 0.574. The second-order valence-corrected chi connectivity index (χ2v) is 8.46. The zero-order valence-corrected chi connectivity index (χ0v) is 19.5. The van der Waals surface area contributed by atoms with Crippen molar-refractivity contribution in [2.24, 2.45) is 5.73 Å². The number of esters is 1. The van der Waals surface area contributed by atoms with Gasteiger partial charge >= 0.3 is 5.97 Å². The molecule has 0 radical (unpaired) electrons. The molecule has 1 aliphatic rings. The minimum Gasteiger partial charge on any atom is -0.481 e. The van der Waals surface area contributed by atoms with Crippen molar-refractivity contribution in [1.29, 1.82) is 0 Å². The van der Waals surface area contributed by atoms with Gasteiger partial charge in [-0.1, -0.05) is 20.3 Å². The molecule has 0 aromatic carbocycles. The number of nitrogens with one attached hydrogen (secondary N) is 1. The fourth-order valence-corrected chi connectivity index (χ4v) is 3.46. The van der Waals surface area contributed by atoms with Crippen LogP contribution in [0, 0.1) is 0 Å². The van der Waals surface area contributed by atoms with Gasteiger partial charge in [0.05, 0.1) is 23.8 Å². The van der Waals surface area contributed by atoms with Crippen LogP contribution in [0.5, 0.6) is 5.88 Å². The Balaban J connectivity index is 0.000000913. The molecule has 170 valence electrons. The van der Waals surface area contributed by atoms with Crippen LogP contribution in [0.15, 0.2) is 30.6 Å². The Morgan fingerprint density at radius 1 is 1.19 bits per heavy atom. The van der Waals surface area contributed by atoms with Crippen LogP contribution < -0.4 is 15.8 Å². The van der Waals surface area contributed by atoms with E-state index < -0.39 is 5.54 Å². The van der Waals surface area contributed by atoms with Gasteiger partial charge in [-0.25, -0.2) is 19.7 Å². The first-order valence-corrected chi connectivity index (χ1v) is 10.8. The van der Waals surface area contributed by atoms with Gasteiger partial charge in [0, 0.05) is 24.4 Å². The molecule has 8 nitrogen and oxygen atoms in total. The van der Waals surface area contributed by atoms with Crippen LogP contribution in [0.4, 0.5) is 11.6 Å². The first-order valence-electron chi connectivity index (χ1n) is 10.8. The maximum Gasteiger partial charge on any atom is 0.340 e. The van der Waals surface area contributed by atoms with Crippen LogP contribution in [-0.4, -0.2) is 34.1 Å². The standard InChI is InChI=1S/C21H23N5O3.C3H8/c1-11-7-16-12(20(27)29-11)5-6-17(25-16)26-18-8-13-14(9-23-18)19(28-4)24-10-15(13)21(2,3)22;1-3-2/h5-6,8-11H,7,22H2,1-4H3,(H,23,25,26);3H2,1-2H3. The summed E-state index contributed by atoms with van der Waals surface area (Å²) >= 11 is 0. The fraction of sp³-hybridized carbons (Fsp3) is 0.417. The SMILES string of the molecule is CCC.COc1ncc(C(C)(C)N)c2cc(Nc3ccc4c(n3)CC(C)OC4=O)ncc12. The number of aromatic nitrogens is 3. The normalized spacial score (nSPS) is 15.3. The molecule has 1 unspecified atom stereocenters. The second-order valence-electron chi connectivity index (χ2n) is 8.46. The summed E-state index contributed by atoms with van der Waals surface area (Å²) in [4.78, 5) is 25.4.